The summed E-state index contributed by atoms with van der Waals surface area (Å²) < 4.78 is 0. The summed E-state index contributed by atoms with van der Waals surface area (Å²) in [6.07, 6.45) is 4.28. The van der Waals surface area contributed by atoms with Crippen molar-refractivity contribution in [3.8, 4) is 22.6 Å². The van der Waals surface area contributed by atoms with Gasteiger partial charge < -0.3 is 10.2 Å². The van der Waals surface area contributed by atoms with Gasteiger partial charge >= 0.3 is 0 Å². The normalized spacial score (nSPS) is 16.0. The summed E-state index contributed by atoms with van der Waals surface area (Å²) in [4.78, 5) is 0. The molecule has 0 aromatic heterocycles. The van der Waals surface area contributed by atoms with E-state index >= 15 is 0 Å². The van der Waals surface area contributed by atoms with Crippen LogP contribution in [0.3, 0.4) is 0 Å². The molecule has 2 heteroatoms. The fourth-order valence-electron chi connectivity index (χ4n) is 5.33. The van der Waals surface area contributed by atoms with Gasteiger partial charge in [-0.3, -0.25) is 0 Å². The average Bonchev–Trinajstić information content (AvgIpc) is 2.86. The molecule has 0 radical (unpaired) electrons. The fourth-order valence-corrected chi connectivity index (χ4v) is 5.33. The van der Waals surface area contributed by atoms with Crippen LogP contribution < -0.4 is 0 Å². The Morgan fingerprint density at radius 3 is 1.50 bits per heavy atom. The van der Waals surface area contributed by atoms with Crippen molar-refractivity contribution in [2.45, 2.75) is 37.0 Å². The molecule has 0 aliphatic heterocycles. The number of phenolic OH excluding ortho intramolecular Hbond substituents is 2. The first-order chi connectivity index (χ1) is 15.6. The minimum Gasteiger partial charge on any atom is -0.508 e. The highest BCUT2D eigenvalue weighted by Crippen LogP contribution is 2.49. The van der Waals surface area contributed by atoms with E-state index in [-0.39, 0.29) is 5.41 Å². The molecular formula is C30H28O2. The van der Waals surface area contributed by atoms with Gasteiger partial charge in [-0.05, 0) is 83.7 Å². The van der Waals surface area contributed by atoms with Gasteiger partial charge in [0.05, 0.1) is 0 Å². The van der Waals surface area contributed by atoms with Crippen LogP contribution in [-0.2, 0) is 5.41 Å². The molecule has 0 bridgehead atoms. The summed E-state index contributed by atoms with van der Waals surface area (Å²) in [6, 6.07) is 34.9. The average molecular weight is 421 g/mol. The second-order valence-electron chi connectivity index (χ2n) is 8.94. The van der Waals surface area contributed by atoms with Crippen molar-refractivity contribution in [3.63, 3.8) is 0 Å². The highest BCUT2D eigenvalue weighted by molar-refractivity contribution is 5.63. The first-order valence-electron chi connectivity index (χ1n) is 11.4. The van der Waals surface area contributed by atoms with Crippen LogP contribution in [0.1, 0.15) is 48.3 Å². The Morgan fingerprint density at radius 1 is 0.531 bits per heavy atom. The Kier molecular flexibility index (Phi) is 5.45. The van der Waals surface area contributed by atoms with Crippen molar-refractivity contribution in [3.05, 3.63) is 120 Å². The van der Waals surface area contributed by atoms with Gasteiger partial charge in [-0.15, -0.1) is 0 Å². The SMILES string of the molecule is Oc1ccc(C2(c3ccc(O)cc3)CCC(c3ccc(-c4ccccc4)cc3)CC2)cc1. The Labute approximate surface area is 189 Å². The molecule has 1 fully saturated rings. The van der Waals surface area contributed by atoms with Crippen LogP contribution in [0.5, 0.6) is 11.5 Å². The molecule has 32 heavy (non-hydrogen) atoms. The lowest BCUT2D eigenvalue weighted by Crippen LogP contribution is -2.32. The molecule has 0 heterocycles. The van der Waals surface area contributed by atoms with Gasteiger partial charge in [0.25, 0.3) is 0 Å². The maximum atomic E-state index is 9.81. The maximum Gasteiger partial charge on any atom is 0.115 e. The number of hydrogen-bond donors (Lipinski definition) is 2. The molecule has 0 saturated heterocycles. The van der Waals surface area contributed by atoms with Crippen LogP contribution in [0.4, 0.5) is 0 Å². The van der Waals surface area contributed by atoms with E-state index in [1.165, 1.54) is 27.8 Å². The third-order valence-electron chi connectivity index (χ3n) is 7.17. The first-order valence-corrected chi connectivity index (χ1v) is 11.4. The molecule has 1 saturated carbocycles. The van der Waals surface area contributed by atoms with Crippen LogP contribution in [0.15, 0.2) is 103 Å². The Hall–Kier alpha value is -3.52. The molecule has 1 aliphatic carbocycles. The number of benzene rings is 4. The molecule has 0 atom stereocenters. The molecule has 1 aliphatic rings. The predicted octanol–water partition coefficient (Wildman–Crippen LogP) is 7.41. The van der Waals surface area contributed by atoms with Gasteiger partial charge in [0, 0.05) is 5.41 Å². The lowest BCUT2D eigenvalue weighted by atomic mass is 9.62. The minimum absolute atomic E-state index is 0.0954. The van der Waals surface area contributed by atoms with E-state index in [0.717, 1.165) is 25.7 Å². The number of rotatable bonds is 4. The Balaban J connectivity index is 1.40. The van der Waals surface area contributed by atoms with Gasteiger partial charge in [-0.1, -0.05) is 78.9 Å². The Morgan fingerprint density at radius 2 is 1.00 bits per heavy atom. The molecule has 0 spiro atoms. The minimum atomic E-state index is -0.0954. The molecule has 4 aromatic rings. The molecule has 0 amide bonds. The lowest BCUT2D eigenvalue weighted by molar-refractivity contribution is 0.314. The zero-order valence-corrected chi connectivity index (χ0v) is 18.1. The largest absolute Gasteiger partial charge is 0.508 e. The summed E-state index contributed by atoms with van der Waals surface area (Å²) in [6.45, 7) is 0. The van der Waals surface area contributed by atoms with Crippen molar-refractivity contribution >= 4 is 0 Å². The summed E-state index contributed by atoms with van der Waals surface area (Å²) in [5.74, 6) is 1.13. The van der Waals surface area contributed by atoms with Crippen LogP contribution >= 0.6 is 0 Å². The van der Waals surface area contributed by atoms with Crippen molar-refractivity contribution in [1.29, 1.82) is 0 Å². The third kappa shape index (κ3) is 3.89. The predicted molar refractivity (Wildman–Crippen MR) is 130 cm³/mol. The van der Waals surface area contributed by atoms with Gasteiger partial charge in [0.15, 0.2) is 0 Å². The van der Waals surface area contributed by atoms with Crippen LogP contribution in [0.25, 0.3) is 11.1 Å². The molecule has 5 rings (SSSR count). The molecule has 4 aromatic carbocycles. The third-order valence-corrected chi connectivity index (χ3v) is 7.17. The smallest absolute Gasteiger partial charge is 0.115 e. The first kappa shape index (κ1) is 20.4. The summed E-state index contributed by atoms with van der Waals surface area (Å²) >= 11 is 0. The van der Waals surface area contributed by atoms with E-state index < -0.39 is 0 Å². The van der Waals surface area contributed by atoms with Gasteiger partial charge in [0.1, 0.15) is 11.5 Å². The van der Waals surface area contributed by atoms with E-state index in [1.54, 1.807) is 24.3 Å². The van der Waals surface area contributed by atoms with E-state index in [9.17, 15) is 10.2 Å². The van der Waals surface area contributed by atoms with Crippen LogP contribution in [0, 0.1) is 0 Å². The number of hydrogen-bond acceptors (Lipinski definition) is 2. The number of phenols is 2. The monoisotopic (exact) mass is 420 g/mol. The number of aromatic hydroxyl groups is 2. The highest BCUT2D eigenvalue weighted by atomic mass is 16.3. The quantitative estimate of drug-likeness (QED) is 0.361. The standard InChI is InChI=1S/C30H28O2/c31-28-14-10-26(11-15-28)30(27-12-16-29(32)17-13-27)20-18-25(19-21-30)24-8-6-23(7-9-24)22-4-2-1-3-5-22/h1-17,25,31-32H,18-21H2. The van der Waals surface area contributed by atoms with Gasteiger partial charge in [-0.25, -0.2) is 0 Å². The van der Waals surface area contributed by atoms with Gasteiger partial charge in [0.2, 0.25) is 0 Å². The summed E-state index contributed by atoms with van der Waals surface area (Å²) in [5.41, 5.74) is 6.29. The molecule has 160 valence electrons. The molecule has 2 N–H and O–H groups in total. The second kappa shape index (κ2) is 8.55. The second-order valence-corrected chi connectivity index (χ2v) is 8.94. The molecule has 2 nitrogen and oxygen atoms in total. The van der Waals surface area contributed by atoms with E-state index in [0.29, 0.717) is 17.4 Å². The summed E-state index contributed by atoms with van der Waals surface area (Å²) in [7, 11) is 0. The molecular weight excluding hydrogens is 392 g/mol. The van der Waals surface area contributed by atoms with Crippen molar-refractivity contribution in [2.24, 2.45) is 0 Å². The van der Waals surface area contributed by atoms with Crippen molar-refractivity contribution in [1.82, 2.24) is 0 Å². The topological polar surface area (TPSA) is 40.5 Å². The summed E-state index contributed by atoms with van der Waals surface area (Å²) in [5, 5.41) is 19.6. The fraction of sp³-hybridized carbons (Fsp3) is 0.200. The van der Waals surface area contributed by atoms with E-state index in [2.05, 4.69) is 72.8 Å². The Bertz CT molecular complexity index is 1100. The van der Waals surface area contributed by atoms with Crippen molar-refractivity contribution < 1.29 is 10.2 Å². The highest BCUT2D eigenvalue weighted by Gasteiger charge is 2.38. The van der Waals surface area contributed by atoms with Crippen LogP contribution in [0.2, 0.25) is 0 Å². The van der Waals surface area contributed by atoms with E-state index in [1.807, 2.05) is 6.07 Å². The maximum absolute atomic E-state index is 9.81. The zero-order valence-electron chi connectivity index (χ0n) is 18.1. The zero-order chi connectivity index (χ0) is 22.0. The van der Waals surface area contributed by atoms with Crippen molar-refractivity contribution in [2.75, 3.05) is 0 Å². The van der Waals surface area contributed by atoms with E-state index in [4.69, 9.17) is 0 Å². The lowest BCUT2D eigenvalue weighted by Gasteiger charge is -2.41. The molecule has 0 unspecified atom stereocenters. The van der Waals surface area contributed by atoms with Crippen LogP contribution in [-0.4, -0.2) is 10.2 Å². The van der Waals surface area contributed by atoms with Gasteiger partial charge in [-0.2, -0.15) is 0 Å².